The zero-order valence-corrected chi connectivity index (χ0v) is 17.5. The Morgan fingerprint density at radius 2 is 2.07 bits per heavy atom. The van der Waals surface area contributed by atoms with Gasteiger partial charge in [0.05, 0.1) is 18.7 Å². The summed E-state index contributed by atoms with van der Waals surface area (Å²) >= 11 is 1.33. The number of carbonyl (C=O) groups is 1. The van der Waals surface area contributed by atoms with Crippen LogP contribution < -0.4 is 5.32 Å². The second kappa shape index (κ2) is 7.63. The first-order valence-electron chi connectivity index (χ1n) is 9.14. The third-order valence-corrected chi connectivity index (χ3v) is 5.86. The highest BCUT2D eigenvalue weighted by Crippen LogP contribution is 2.34. The van der Waals surface area contributed by atoms with Gasteiger partial charge in [-0.2, -0.15) is 5.10 Å². The molecule has 0 aliphatic carbocycles. The lowest BCUT2D eigenvalue weighted by Gasteiger charge is -2.10. The summed E-state index contributed by atoms with van der Waals surface area (Å²) in [5, 5.41) is 8.53. The van der Waals surface area contributed by atoms with Crippen molar-refractivity contribution in [3.05, 3.63) is 58.5 Å². The first-order valence-corrected chi connectivity index (χ1v) is 9.96. The van der Waals surface area contributed by atoms with E-state index < -0.39 is 0 Å². The largest absolute Gasteiger partial charge is 0.465 e. The Morgan fingerprint density at radius 3 is 2.79 bits per heavy atom. The molecule has 0 unspecified atom stereocenters. The predicted molar refractivity (Wildman–Crippen MR) is 114 cm³/mol. The minimum absolute atomic E-state index is 0.349. The third kappa shape index (κ3) is 3.71. The number of hydrogen-bond donors (Lipinski definition) is 1. The minimum atomic E-state index is -0.349. The summed E-state index contributed by atoms with van der Waals surface area (Å²) in [5.74, 6) is 1.03. The van der Waals surface area contributed by atoms with Gasteiger partial charge in [-0.1, -0.05) is 18.2 Å². The van der Waals surface area contributed by atoms with Gasteiger partial charge in [0.15, 0.2) is 0 Å². The van der Waals surface area contributed by atoms with E-state index in [0.717, 1.165) is 38.3 Å². The number of carbonyl (C=O) groups excluding carboxylic acids is 1. The Hall–Kier alpha value is -3.26. The van der Waals surface area contributed by atoms with Crippen molar-refractivity contribution in [1.82, 2.24) is 19.7 Å². The molecular formula is C21H21N5O2S. The van der Waals surface area contributed by atoms with Crippen LogP contribution in [0.5, 0.6) is 0 Å². The minimum Gasteiger partial charge on any atom is -0.465 e. The van der Waals surface area contributed by atoms with Crippen LogP contribution in [0.2, 0.25) is 0 Å². The Bertz CT molecular complexity index is 1210. The van der Waals surface area contributed by atoms with Crippen molar-refractivity contribution in [3.8, 4) is 11.1 Å². The molecule has 8 heteroatoms. The molecule has 3 heterocycles. The molecule has 0 saturated carbocycles. The molecule has 0 spiro atoms. The average Bonchev–Trinajstić information content (AvgIpc) is 3.29. The normalized spacial score (nSPS) is 11.0. The number of thiophene rings is 1. The Balaban J connectivity index is 1.65. The molecular weight excluding hydrogens is 386 g/mol. The van der Waals surface area contributed by atoms with Crippen LogP contribution in [-0.2, 0) is 18.3 Å². The molecule has 1 N–H and O–H groups in total. The van der Waals surface area contributed by atoms with Crippen molar-refractivity contribution >= 4 is 33.3 Å². The highest BCUT2D eigenvalue weighted by molar-refractivity contribution is 7.20. The van der Waals surface area contributed by atoms with E-state index in [9.17, 15) is 4.79 Å². The van der Waals surface area contributed by atoms with Gasteiger partial charge in [-0.05, 0) is 36.6 Å². The standard InChI is InChI=1S/C21H21N5O2S/c1-12-17-19(24-13(2)25-20(17)29-18(12)21(27)28-4)22-9-14-6-5-7-15(8-14)16-10-23-26(3)11-16/h5-8,10-11H,9H2,1-4H3,(H,22,24,25). The smallest absolute Gasteiger partial charge is 0.348 e. The number of fused-ring (bicyclic) bond motifs is 1. The molecule has 0 aliphatic rings. The number of benzene rings is 1. The van der Waals surface area contributed by atoms with Gasteiger partial charge in [-0.3, -0.25) is 4.68 Å². The van der Waals surface area contributed by atoms with Crippen LogP contribution in [0.1, 0.15) is 26.6 Å². The molecule has 1 aromatic carbocycles. The zero-order chi connectivity index (χ0) is 20.5. The van der Waals surface area contributed by atoms with Crippen molar-refractivity contribution in [2.45, 2.75) is 20.4 Å². The number of rotatable bonds is 5. The lowest BCUT2D eigenvalue weighted by atomic mass is 10.1. The van der Waals surface area contributed by atoms with Crippen LogP contribution in [0.4, 0.5) is 5.82 Å². The van der Waals surface area contributed by atoms with Gasteiger partial charge < -0.3 is 10.1 Å². The van der Waals surface area contributed by atoms with Gasteiger partial charge >= 0.3 is 5.97 Å². The molecule has 4 aromatic rings. The molecule has 29 heavy (non-hydrogen) atoms. The zero-order valence-electron chi connectivity index (χ0n) is 16.7. The first-order chi connectivity index (χ1) is 14.0. The van der Waals surface area contributed by atoms with E-state index >= 15 is 0 Å². The summed E-state index contributed by atoms with van der Waals surface area (Å²) < 4.78 is 6.69. The molecule has 0 fully saturated rings. The quantitative estimate of drug-likeness (QED) is 0.502. The number of nitrogens with zero attached hydrogens (tertiary/aromatic N) is 4. The molecule has 7 nitrogen and oxygen atoms in total. The summed E-state index contributed by atoms with van der Waals surface area (Å²) in [6.07, 6.45) is 3.85. The molecule has 0 saturated heterocycles. The van der Waals surface area contributed by atoms with E-state index in [4.69, 9.17) is 4.74 Å². The number of esters is 1. The fourth-order valence-electron chi connectivity index (χ4n) is 3.28. The van der Waals surface area contributed by atoms with Crippen LogP contribution in [0.25, 0.3) is 21.3 Å². The maximum absolute atomic E-state index is 12.1. The van der Waals surface area contributed by atoms with Crippen LogP contribution in [0.3, 0.4) is 0 Å². The fraction of sp³-hybridized carbons (Fsp3) is 0.238. The Morgan fingerprint density at radius 1 is 1.24 bits per heavy atom. The van der Waals surface area contributed by atoms with Crippen LogP contribution in [0.15, 0.2) is 36.7 Å². The number of ether oxygens (including phenoxy) is 1. The van der Waals surface area contributed by atoms with E-state index in [-0.39, 0.29) is 5.97 Å². The van der Waals surface area contributed by atoms with Gasteiger partial charge in [0, 0.05) is 25.4 Å². The van der Waals surface area contributed by atoms with Crippen LogP contribution in [0, 0.1) is 13.8 Å². The van der Waals surface area contributed by atoms with Crippen molar-refractivity contribution in [1.29, 1.82) is 0 Å². The van der Waals surface area contributed by atoms with E-state index in [0.29, 0.717) is 17.2 Å². The van der Waals surface area contributed by atoms with Crippen molar-refractivity contribution in [2.24, 2.45) is 7.05 Å². The summed E-state index contributed by atoms with van der Waals surface area (Å²) in [4.78, 5) is 22.5. The molecule has 3 aromatic heterocycles. The highest BCUT2D eigenvalue weighted by Gasteiger charge is 2.20. The van der Waals surface area contributed by atoms with Crippen molar-refractivity contribution < 1.29 is 9.53 Å². The summed E-state index contributed by atoms with van der Waals surface area (Å²) in [5.41, 5.74) is 4.15. The summed E-state index contributed by atoms with van der Waals surface area (Å²) in [7, 11) is 3.29. The molecule has 0 bridgehead atoms. The maximum atomic E-state index is 12.1. The lowest BCUT2D eigenvalue weighted by Crippen LogP contribution is -2.04. The van der Waals surface area contributed by atoms with E-state index in [1.165, 1.54) is 18.4 Å². The summed E-state index contributed by atoms with van der Waals surface area (Å²) in [6, 6.07) is 8.30. The number of aryl methyl sites for hydroxylation is 3. The van der Waals surface area contributed by atoms with Gasteiger partial charge in [0.2, 0.25) is 0 Å². The van der Waals surface area contributed by atoms with Crippen molar-refractivity contribution in [2.75, 3.05) is 12.4 Å². The number of hydrogen-bond acceptors (Lipinski definition) is 7. The number of aromatic nitrogens is 4. The molecule has 0 radical (unpaired) electrons. The van der Waals surface area contributed by atoms with Gasteiger partial charge in [-0.25, -0.2) is 14.8 Å². The van der Waals surface area contributed by atoms with Crippen molar-refractivity contribution in [3.63, 3.8) is 0 Å². The summed E-state index contributed by atoms with van der Waals surface area (Å²) in [6.45, 7) is 4.35. The third-order valence-electron chi connectivity index (χ3n) is 4.70. The van der Waals surface area contributed by atoms with E-state index in [1.54, 1.807) is 4.68 Å². The number of anilines is 1. The van der Waals surface area contributed by atoms with Gasteiger partial charge in [0.25, 0.3) is 0 Å². The Kier molecular flexibility index (Phi) is 5.02. The molecule has 0 amide bonds. The predicted octanol–water partition coefficient (Wildman–Crippen LogP) is 4.11. The van der Waals surface area contributed by atoms with Crippen LogP contribution >= 0.6 is 11.3 Å². The second-order valence-corrected chi connectivity index (χ2v) is 7.80. The van der Waals surface area contributed by atoms with E-state index in [2.05, 4.69) is 38.6 Å². The van der Waals surface area contributed by atoms with Crippen LogP contribution in [-0.4, -0.2) is 32.8 Å². The van der Waals surface area contributed by atoms with E-state index in [1.807, 2.05) is 39.4 Å². The maximum Gasteiger partial charge on any atom is 0.348 e. The monoisotopic (exact) mass is 407 g/mol. The number of methoxy groups -OCH3 is 1. The SMILES string of the molecule is COC(=O)c1sc2nc(C)nc(NCc3cccc(-c4cnn(C)c4)c3)c2c1C. The number of nitrogens with one attached hydrogen (secondary N) is 1. The lowest BCUT2D eigenvalue weighted by molar-refractivity contribution is 0.0605. The second-order valence-electron chi connectivity index (χ2n) is 6.80. The molecule has 4 rings (SSSR count). The average molecular weight is 407 g/mol. The molecule has 0 aliphatic heterocycles. The molecule has 0 atom stereocenters. The fourth-order valence-corrected chi connectivity index (χ4v) is 4.42. The van der Waals surface area contributed by atoms with Gasteiger partial charge in [0.1, 0.15) is 21.3 Å². The van der Waals surface area contributed by atoms with Gasteiger partial charge in [-0.15, -0.1) is 11.3 Å². The first kappa shape index (κ1) is 19.1. The highest BCUT2D eigenvalue weighted by atomic mass is 32.1. The topological polar surface area (TPSA) is 81.9 Å². The molecule has 148 valence electrons. The Labute approximate surface area is 172 Å².